The molecule has 0 bridgehead atoms. The van der Waals surface area contributed by atoms with Crippen molar-refractivity contribution in [1.29, 1.82) is 0 Å². The molecule has 0 N–H and O–H groups in total. The summed E-state index contributed by atoms with van der Waals surface area (Å²) in [6.07, 6.45) is 0. The van der Waals surface area contributed by atoms with E-state index in [9.17, 15) is 0 Å². The quantitative estimate of drug-likeness (QED) is 0.109. The van der Waals surface area contributed by atoms with E-state index in [0.717, 1.165) is 55.7 Å². The lowest BCUT2D eigenvalue weighted by Crippen LogP contribution is -2.09. The van der Waals surface area contributed by atoms with Crippen LogP contribution in [-0.4, -0.2) is 18.4 Å². The van der Waals surface area contributed by atoms with E-state index in [-0.39, 0.29) is 0 Å². The van der Waals surface area contributed by atoms with Crippen LogP contribution in [0.4, 0.5) is 17.1 Å². The number of hydrogen-bond acceptors (Lipinski definition) is 3. The van der Waals surface area contributed by atoms with Crippen LogP contribution >= 0.6 is 0 Å². The van der Waals surface area contributed by atoms with Gasteiger partial charge in [0.15, 0.2) is 11.7 Å². The molecule has 1 heterocycles. The number of furan rings is 1. The largest absolute Gasteiger partial charge is 0.456 e. The number of nitrogens with zero attached hydrogens (tertiary/aromatic N) is 4. The second kappa shape index (κ2) is 16.0. The Morgan fingerprint density at radius 1 is 0.439 bits per heavy atom. The molecule has 0 radical (unpaired) electrons. The fourth-order valence-corrected chi connectivity index (χ4v) is 7.18. The number of hydrogen-bond donors (Lipinski definition) is 0. The molecule has 0 saturated heterocycles. The summed E-state index contributed by atoms with van der Waals surface area (Å²) in [5.41, 5.74) is 12.2. The third kappa shape index (κ3) is 7.55. The molecule has 9 rings (SSSR count). The smallest absolute Gasteiger partial charge is 0.161 e. The molecule has 0 aliphatic carbocycles. The van der Waals surface area contributed by atoms with E-state index in [2.05, 4.69) is 156 Å². The molecule has 0 fully saturated rings. The predicted octanol–water partition coefficient (Wildman–Crippen LogP) is 13.5. The Morgan fingerprint density at radius 2 is 0.965 bits per heavy atom. The van der Waals surface area contributed by atoms with Crippen molar-refractivity contribution in [2.24, 2.45) is 15.0 Å². The van der Waals surface area contributed by atoms with Crippen LogP contribution in [0, 0.1) is 0 Å². The highest BCUT2D eigenvalue weighted by molar-refractivity contribution is 6.14. The molecule has 0 amide bonds. The molecule has 9 aromatic rings. The van der Waals surface area contributed by atoms with Crippen molar-refractivity contribution in [3.05, 3.63) is 223 Å². The number of fused-ring (bicyclic) bond motifs is 3. The van der Waals surface area contributed by atoms with Gasteiger partial charge in [-0.1, -0.05) is 152 Å². The van der Waals surface area contributed by atoms with Crippen molar-refractivity contribution >= 4 is 57.4 Å². The van der Waals surface area contributed by atoms with Crippen molar-refractivity contribution in [2.75, 3.05) is 4.90 Å². The van der Waals surface area contributed by atoms with Crippen LogP contribution in [0.15, 0.2) is 226 Å². The molecule has 0 atom stereocenters. The predicted molar refractivity (Wildman–Crippen MR) is 238 cm³/mol. The molecule has 8 aromatic carbocycles. The maximum atomic E-state index is 6.54. The van der Waals surface area contributed by atoms with Crippen molar-refractivity contribution in [3.8, 4) is 22.3 Å². The summed E-state index contributed by atoms with van der Waals surface area (Å²) in [5.74, 6) is 1.06. The van der Waals surface area contributed by atoms with Crippen molar-refractivity contribution in [1.82, 2.24) is 0 Å². The first-order valence-electron chi connectivity index (χ1n) is 19.0. The van der Waals surface area contributed by atoms with Gasteiger partial charge in [-0.05, 0) is 89.1 Å². The molecular weight excluding hydrogens is 697 g/mol. The molecule has 5 heteroatoms. The first-order chi connectivity index (χ1) is 28.2. The number of rotatable bonds is 9. The highest BCUT2D eigenvalue weighted by atomic mass is 16.3. The average molecular weight is 735 g/mol. The molecule has 0 aliphatic heterocycles. The SMILES string of the molecule is C=N/C(=N\C(=N/Cc1ccccc1)c1ccc2c(c1)oc1ccc(N(c3ccc(-c4ccccc4)cc3)c3ccc(-c4ccccc4)cc3)cc12)c1ccccc1. The number of benzene rings is 8. The molecule has 0 aliphatic rings. The molecule has 0 unspecified atom stereocenters. The maximum Gasteiger partial charge on any atom is 0.161 e. The summed E-state index contributed by atoms with van der Waals surface area (Å²) in [4.78, 5) is 16.5. The van der Waals surface area contributed by atoms with Crippen LogP contribution in [0.3, 0.4) is 0 Å². The van der Waals surface area contributed by atoms with Crippen LogP contribution in [0.2, 0.25) is 0 Å². The van der Waals surface area contributed by atoms with E-state index in [1.165, 1.54) is 22.3 Å². The first-order valence-corrected chi connectivity index (χ1v) is 19.0. The number of amidine groups is 2. The zero-order valence-corrected chi connectivity index (χ0v) is 31.2. The van der Waals surface area contributed by atoms with Crippen molar-refractivity contribution < 1.29 is 4.42 Å². The van der Waals surface area contributed by atoms with Crippen LogP contribution < -0.4 is 4.90 Å². The Bertz CT molecular complexity index is 2760. The minimum absolute atomic E-state index is 0.467. The summed E-state index contributed by atoms with van der Waals surface area (Å²) in [6, 6.07) is 71.1. The van der Waals surface area contributed by atoms with Crippen LogP contribution in [0.25, 0.3) is 44.2 Å². The van der Waals surface area contributed by atoms with Gasteiger partial charge < -0.3 is 9.32 Å². The fraction of sp³-hybridized carbons (Fsp3) is 0.0192. The lowest BCUT2D eigenvalue weighted by atomic mass is 10.0. The van der Waals surface area contributed by atoms with Crippen LogP contribution in [0.5, 0.6) is 0 Å². The molecule has 0 spiro atoms. The molecular formula is C52H38N4O. The van der Waals surface area contributed by atoms with Gasteiger partial charge in [-0.25, -0.2) is 9.98 Å². The summed E-state index contributed by atoms with van der Waals surface area (Å²) in [5, 5.41) is 2.02. The zero-order chi connectivity index (χ0) is 38.4. The van der Waals surface area contributed by atoms with E-state index < -0.39 is 0 Å². The van der Waals surface area contributed by atoms with Crippen LogP contribution in [-0.2, 0) is 6.54 Å². The lowest BCUT2D eigenvalue weighted by Gasteiger charge is -2.26. The van der Waals surface area contributed by atoms with Gasteiger partial charge in [-0.3, -0.25) is 4.99 Å². The monoisotopic (exact) mass is 734 g/mol. The van der Waals surface area contributed by atoms with Gasteiger partial charge in [0.1, 0.15) is 11.2 Å². The van der Waals surface area contributed by atoms with E-state index in [1.54, 1.807) is 0 Å². The highest BCUT2D eigenvalue weighted by Gasteiger charge is 2.17. The van der Waals surface area contributed by atoms with Gasteiger partial charge in [-0.15, -0.1) is 0 Å². The van der Waals surface area contributed by atoms with Gasteiger partial charge in [0, 0.05) is 39.0 Å². The fourth-order valence-electron chi connectivity index (χ4n) is 7.18. The van der Waals surface area contributed by atoms with Gasteiger partial charge in [0.25, 0.3) is 0 Å². The van der Waals surface area contributed by atoms with Crippen LogP contribution in [0.1, 0.15) is 16.7 Å². The summed E-state index contributed by atoms with van der Waals surface area (Å²) >= 11 is 0. The molecule has 57 heavy (non-hydrogen) atoms. The zero-order valence-electron chi connectivity index (χ0n) is 31.2. The second-order valence-corrected chi connectivity index (χ2v) is 13.7. The number of anilines is 3. The van der Waals surface area contributed by atoms with E-state index >= 15 is 0 Å². The third-order valence-electron chi connectivity index (χ3n) is 10.1. The maximum absolute atomic E-state index is 6.54. The second-order valence-electron chi connectivity index (χ2n) is 13.7. The Morgan fingerprint density at radius 3 is 1.54 bits per heavy atom. The minimum Gasteiger partial charge on any atom is -0.456 e. The van der Waals surface area contributed by atoms with Gasteiger partial charge in [0.2, 0.25) is 0 Å². The summed E-state index contributed by atoms with van der Waals surface area (Å²) in [6.45, 7) is 4.29. The Hall–Kier alpha value is -7.63. The third-order valence-corrected chi connectivity index (χ3v) is 10.1. The Balaban J connectivity index is 1.12. The van der Waals surface area contributed by atoms with E-state index in [1.807, 2.05) is 66.7 Å². The van der Waals surface area contributed by atoms with Crippen molar-refractivity contribution in [3.63, 3.8) is 0 Å². The highest BCUT2D eigenvalue weighted by Crippen LogP contribution is 2.40. The normalized spacial score (nSPS) is 11.9. The summed E-state index contributed by atoms with van der Waals surface area (Å²) < 4.78 is 6.54. The minimum atomic E-state index is 0.467. The van der Waals surface area contributed by atoms with Gasteiger partial charge >= 0.3 is 0 Å². The Labute approximate surface area is 332 Å². The summed E-state index contributed by atoms with van der Waals surface area (Å²) in [7, 11) is 0. The average Bonchev–Trinajstić information content (AvgIpc) is 3.66. The Kier molecular flexibility index (Phi) is 9.85. The van der Waals surface area contributed by atoms with E-state index in [0.29, 0.717) is 18.2 Å². The number of aliphatic imine (C=N–C) groups is 3. The molecule has 1 aromatic heterocycles. The van der Waals surface area contributed by atoms with E-state index in [4.69, 9.17) is 14.4 Å². The lowest BCUT2D eigenvalue weighted by molar-refractivity contribution is 0.669. The molecule has 5 nitrogen and oxygen atoms in total. The van der Waals surface area contributed by atoms with Gasteiger partial charge in [-0.2, -0.15) is 0 Å². The van der Waals surface area contributed by atoms with Gasteiger partial charge in [0.05, 0.1) is 6.54 Å². The van der Waals surface area contributed by atoms with Crippen molar-refractivity contribution in [2.45, 2.75) is 6.54 Å². The topological polar surface area (TPSA) is 53.5 Å². The molecule has 272 valence electrons. The molecule has 0 saturated carbocycles. The first kappa shape index (κ1) is 35.1. The standard InChI is InChI=1S/C52H38N4O/c1-53-51(42-20-12-5-13-21-42)55-52(54-36-37-14-6-2-7-15-37)43-26-32-47-48-35-46(31-33-49(48)57-50(47)34-43)56(44-27-22-40(23-28-44)38-16-8-3-9-17-38)45-29-24-41(25-30-45)39-18-10-4-11-19-39/h2-35H,1,36H2/b54-52-,55-51-.